The summed E-state index contributed by atoms with van der Waals surface area (Å²) in [5.74, 6) is 0.191. The highest BCUT2D eigenvalue weighted by molar-refractivity contribution is 7.07. The number of benzene rings is 2. The standard InChI is InChI=1S/C26H24N2O4S/c1-4-15-32-20-14-10-9-13-19(20)16-21-24(29)28-23(18-11-7-6-8-12-18)22(25(30)31-5-2)17(3)27-26(28)33-21/h4,6-14,16,23H,1,5,15H2,2-3H3/b21-16-/t23-/m0/s1. The molecule has 0 radical (unpaired) electrons. The predicted octanol–water partition coefficient (Wildman–Crippen LogP) is 3.36. The summed E-state index contributed by atoms with van der Waals surface area (Å²) in [7, 11) is 0. The molecule has 0 saturated carbocycles. The number of thiazole rings is 1. The summed E-state index contributed by atoms with van der Waals surface area (Å²) in [6.45, 7) is 7.82. The molecule has 2 heterocycles. The average Bonchev–Trinajstić information content (AvgIpc) is 3.12. The minimum absolute atomic E-state index is 0.222. The van der Waals surface area contributed by atoms with Gasteiger partial charge >= 0.3 is 5.97 Å². The van der Waals surface area contributed by atoms with Crippen LogP contribution in [0.25, 0.3) is 6.08 Å². The first kappa shape index (κ1) is 22.5. The molecule has 1 atom stereocenters. The van der Waals surface area contributed by atoms with Crippen molar-refractivity contribution in [2.45, 2.75) is 19.9 Å². The fourth-order valence-electron chi connectivity index (χ4n) is 3.76. The number of hydrogen-bond donors (Lipinski definition) is 0. The Labute approximate surface area is 195 Å². The molecule has 3 aromatic rings. The molecule has 1 aliphatic heterocycles. The van der Waals surface area contributed by atoms with Gasteiger partial charge in [0.2, 0.25) is 0 Å². The number of ether oxygens (including phenoxy) is 2. The second-order valence-electron chi connectivity index (χ2n) is 7.35. The fraction of sp³-hybridized carbons (Fsp3) is 0.192. The van der Waals surface area contributed by atoms with Crippen molar-refractivity contribution in [3.63, 3.8) is 0 Å². The van der Waals surface area contributed by atoms with E-state index in [0.717, 1.165) is 11.1 Å². The van der Waals surface area contributed by atoms with Gasteiger partial charge in [-0.25, -0.2) is 9.79 Å². The number of para-hydroxylation sites is 1. The molecule has 0 spiro atoms. The molecule has 0 fully saturated rings. The number of rotatable bonds is 7. The van der Waals surface area contributed by atoms with E-state index in [9.17, 15) is 9.59 Å². The SMILES string of the molecule is C=CCOc1ccccc1/C=c1\sc2n(c1=O)[C@@H](c1ccccc1)C(C(=O)OCC)=C(C)N=2. The number of carbonyl (C=O) groups excluding carboxylic acids is 1. The Hall–Kier alpha value is -3.71. The van der Waals surface area contributed by atoms with E-state index in [0.29, 0.717) is 33.0 Å². The molecule has 0 amide bonds. The average molecular weight is 461 g/mol. The Morgan fingerprint density at radius 1 is 1.18 bits per heavy atom. The highest BCUT2D eigenvalue weighted by Crippen LogP contribution is 2.30. The van der Waals surface area contributed by atoms with Crippen LogP contribution < -0.4 is 19.6 Å². The largest absolute Gasteiger partial charge is 0.489 e. The lowest BCUT2D eigenvalue weighted by molar-refractivity contribution is -0.139. The first-order valence-electron chi connectivity index (χ1n) is 10.6. The molecule has 0 N–H and O–H groups in total. The zero-order valence-corrected chi connectivity index (χ0v) is 19.3. The maximum Gasteiger partial charge on any atom is 0.338 e. The molecular weight excluding hydrogens is 436 g/mol. The van der Waals surface area contributed by atoms with Crippen LogP contribution in [0.3, 0.4) is 0 Å². The van der Waals surface area contributed by atoms with E-state index in [1.54, 1.807) is 30.6 Å². The summed E-state index contributed by atoms with van der Waals surface area (Å²) in [6.07, 6.45) is 3.47. The normalized spacial score (nSPS) is 15.6. The van der Waals surface area contributed by atoms with E-state index < -0.39 is 12.0 Å². The van der Waals surface area contributed by atoms with Crippen LogP contribution in [-0.4, -0.2) is 23.8 Å². The number of nitrogens with zero attached hydrogens (tertiary/aromatic N) is 2. The number of carbonyl (C=O) groups is 1. The third-order valence-electron chi connectivity index (χ3n) is 5.19. The van der Waals surface area contributed by atoms with Gasteiger partial charge in [0.1, 0.15) is 12.4 Å². The second kappa shape index (κ2) is 9.83. The van der Waals surface area contributed by atoms with Gasteiger partial charge < -0.3 is 9.47 Å². The molecule has 168 valence electrons. The van der Waals surface area contributed by atoms with Crippen LogP contribution >= 0.6 is 11.3 Å². The van der Waals surface area contributed by atoms with Crippen LogP contribution in [0, 0.1) is 0 Å². The van der Waals surface area contributed by atoms with Crippen molar-refractivity contribution in [3.05, 3.63) is 109 Å². The predicted molar refractivity (Wildman–Crippen MR) is 129 cm³/mol. The minimum atomic E-state index is -0.615. The molecule has 6 nitrogen and oxygen atoms in total. The van der Waals surface area contributed by atoms with E-state index in [2.05, 4.69) is 11.6 Å². The Morgan fingerprint density at radius 3 is 2.64 bits per heavy atom. The van der Waals surface area contributed by atoms with Crippen LogP contribution in [0.2, 0.25) is 0 Å². The van der Waals surface area contributed by atoms with Crippen molar-refractivity contribution < 1.29 is 14.3 Å². The summed E-state index contributed by atoms with van der Waals surface area (Å²) in [5, 5.41) is 0. The van der Waals surface area contributed by atoms with Crippen LogP contribution in [-0.2, 0) is 9.53 Å². The van der Waals surface area contributed by atoms with Gasteiger partial charge in [-0.05, 0) is 31.6 Å². The Morgan fingerprint density at radius 2 is 1.91 bits per heavy atom. The van der Waals surface area contributed by atoms with Gasteiger partial charge in [0.25, 0.3) is 5.56 Å². The van der Waals surface area contributed by atoms with Crippen molar-refractivity contribution in [2.24, 2.45) is 4.99 Å². The maximum absolute atomic E-state index is 13.6. The van der Waals surface area contributed by atoms with Crippen molar-refractivity contribution in [1.29, 1.82) is 0 Å². The lowest BCUT2D eigenvalue weighted by Crippen LogP contribution is -2.39. The smallest absolute Gasteiger partial charge is 0.338 e. The topological polar surface area (TPSA) is 69.9 Å². The molecule has 1 aliphatic rings. The quantitative estimate of drug-likeness (QED) is 0.401. The molecule has 0 bridgehead atoms. The zero-order chi connectivity index (χ0) is 23.4. The van der Waals surface area contributed by atoms with Crippen molar-refractivity contribution in [2.75, 3.05) is 13.2 Å². The highest BCUT2D eigenvalue weighted by atomic mass is 32.1. The third-order valence-corrected chi connectivity index (χ3v) is 6.18. The number of fused-ring (bicyclic) bond motifs is 1. The van der Waals surface area contributed by atoms with Crippen molar-refractivity contribution in [3.8, 4) is 5.75 Å². The molecule has 2 aromatic carbocycles. The monoisotopic (exact) mass is 460 g/mol. The third kappa shape index (κ3) is 4.45. The van der Waals surface area contributed by atoms with E-state index >= 15 is 0 Å². The summed E-state index contributed by atoms with van der Waals surface area (Å²) in [6, 6.07) is 16.4. The van der Waals surface area contributed by atoms with Crippen molar-refractivity contribution >= 4 is 23.4 Å². The Bertz CT molecular complexity index is 1400. The van der Waals surface area contributed by atoms with Gasteiger partial charge in [-0.3, -0.25) is 9.36 Å². The van der Waals surface area contributed by atoms with E-state index in [4.69, 9.17) is 9.47 Å². The van der Waals surface area contributed by atoms with Crippen molar-refractivity contribution in [1.82, 2.24) is 4.57 Å². The number of allylic oxidation sites excluding steroid dienone is 1. The van der Waals surface area contributed by atoms with E-state index in [1.165, 1.54) is 11.3 Å². The van der Waals surface area contributed by atoms with Crippen LogP contribution in [0.1, 0.15) is 31.0 Å². The zero-order valence-electron chi connectivity index (χ0n) is 18.5. The molecule has 33 heavy (non-hydrogen) atoms. The fourth-order valence-corrected chi connectivity index (χ4v) is 4.80. The molecule has 4 rings (SSSR count). The van der Waals surface area contributed by atoms with E-state index in [-0.39, 0.29) is 12.2 Å². The molecule has 0 saturated heterocycles. The van der Waals surface area contributed by atoms with Gasteiger partial charge in [-0.1, -0.05) is 72.5 Å². The summed E-state index contributed by atoms with van der Waals surface area (Å²) >= 11 is 1.28. The maximum atomic E-state index is 13.6. The van der Waals surface area contributed by atoms with E-state index in [1.807, 2.05) is 54.6 Å². The number of aromatic nitrogens is 1. The molecule has 0 aliphatic carbocycles. The molecule has 0 unspecified atom stereocenters. The summed E-state index contributed by atoms with van der Waals surface area (Å²) in [4.78, 5) is 31.6. The molecular formula is C26H24N2O4S. The number of hydrogen-bond acceptors (Lipinski definition) is 6. The van der Waals surface area contributed by atoms with Crippen LogP contribution in [0.4, 0.5) is 0 Å². The van der Waals surface area contributed by atoms with Gasteiger partial charge in [0.05, 0.1) is 28.5 Å². The second-order valence-corrected chi connectivity index (χ2v) is 8.36. The summed E-state index contributed by atoms with van der Waals surface area (Å²) < 4.78 is 13.1. The highest BCUT2D eigenvalue weighted by Gasteiger charge is 2.33. The van der Waals surface area contributed by atoms with Gasteiger partial charge in [0, 0.05) is 5.56 Å². The minimum Gasteiger partial charge on any atom is -0.489 e. The van der Waals surface area contributed by atoms with Gasteiger partial charge in [0.15, 0.2) is 4.80 Å². The van der Waals surface area contributed by atoms with Crippen LogP contribution in [0.5, 0.6) is 5.75 Å². The lowest BCUT2D eigenvalue weighted by atomic mass is 9.96. The first-order chi connectivity index (χ1) is 16.0. The Kier molecular flexibility index (Phi) is 6.70. The first-order valence-corrected chi connectivity index (χ1v) is 11.4. The van der Waals surface area contributed by atoms with Crippen LogP contribution in [0.15, 0.2) is 88.3 Å². The van der Waals surface area contributed by atoms with Gasteiger partial charge in [-0.2, -0.15) is 0 Å². The lowest BCUT2D eigenvalue weighted by Gasteiger charge is -2.24. The van der Waals surface area contributed by atoms with Gasteiger partial charge in [-0.15, -0.1) is 0 Å². The number of esters is 1. The summed E-state index contributed by atoms with van der Waals surface area (Å²) in [5.41, 5.74) is 2.29. The molecule has 1 aromatic heterocycles. The Balaban J connectivity index is 1.92. The molecule has 7 heteroatoms.